The van der Waals surface area contributed by atoms with Crippen molar-refractivity contribution in [1.29, 1.82) is 0 Å². The molecule has 10 nitrogen and oxygen atoms in total. The zero-order chi connectivity index (χ0) is 24.6. The summed E-state index contributed by atoms with van der Waals surface area (Å²) in [6.07, 6.45) is 5.39. The number of carbonyl (C=O) groups excluding carboxylic acids is 1. The molecule has 5 heterocycles. The first-order valence-corrected chi connectivity index (χ1v) is 12.2. The Morgan fingerprint density at radius 2 is 2.00 bits per heavy atom. The van der Waals surface area contributed by atoms with Gasteiger partial charge in [0.2, 0.25) is 0 Å². The topological polar surface area (TPSA) is 104 Å². The maximum atomic E-state index is 15.6. The minimum absolute atomic E-state index is 0.117. The predicted molar refractivity (Wildman–Crippen MR) is 134 cm³/mol. The van der Waals surface area contributed by atoms with Gasteiger partial charge in [0.25, 0.3) is 0 Å². The van der Waals surface area contributed by atoms with Crippen molar-refractivity contribution in [2.75, 3.05) is 43.1 Å². The van der Waals surface area contributed by atoms with Gasteiger partial charge in [-0.3, -0.25) is 5.10 Å². The number of benzene rings is 1. The highest BCUT2D eigenvalue weighted by atomic mass is 19.1. The van der Waals surface area contributed by atoms with E-state index in [2.05, 4.69) is 32.4 Å². The number of H-pyrrole nitrogens is 1. The maximum Gasteiger partial charge on any atom is 0.321 e. The maximum absolute atomic E-state index is 15.6. The molecular weight excluding hydrogens is 463 g/mol. The van der Waals surface area contributed by atoms with E-state index in [0.29, 0.717) is 53.4 Å². The Balaban J connectivity index is 1.42. The third kappa shape index (κ3) is 4.05. The van der Waals surface area contributed by atoms with E-state index < -0.39 is 5.82 Å². The molecule has 2 aliphatic rings. The minimum Gasteiger partial charge on any atom is -0.377 e. The number of rotatable bonds is 4. The second-order valence-corrected chi connectivity index (χ2v) is 9.19. The predicted octanol–water partition coefficient (Wildman–Crippen LogP) is 3.80. The number of fused-ring (bicyclic) bond motifs is 1. The monoisotopic (exact) mass is 490 g/mol. The van der Waals surface area contributed by atoms with Crippen LogP contribution in [0.2, 0.25) is 0 Å². The van der Waals surface area contributed by atoms with Gasteiger partial charge in [-0.25, -0.2) is 14.2 Å². The van der Waals surface area contributed by atoms with E-state index in [9.17, 15) is 4.79 Å². The van der Waals surface area contributed by atoms with Gasteiger partial charge in [0.1, 0.15) is 11.6 Å². The fourth-order valence-corrected chi connectivity index (χ4v) is 4.90. The number of aromatic nitrogens is 5. The van der Waals surface area contributed by atoms with Crippen molar-refractivity contribution < 1.29 is 13.9 Å². The number of pyridine rings is 1. The van der Waals surface area contributed by atoms with Crippen LogP contribution in [0.5, 0.6) is 0 Å². The highest BCUT2D eigenvalue weighted by Gasteiger charge is 2.25. The third-order valence-corrected chi connectivity index (χ3v) is 6.80. The van der Waals surface area contributed by atoms with Crippen LogP contribution in [0.15, 0.2) is 42.7 Å². The first-order chi connectivity index (χ1) is 17.6. The van der Waals surface area contributed by atoms with Crippen molar-refractivity contribution in [3.63, 3.8) is 0 Å². The van der Waals surface area contributed by atoms with Gasteiger partial charge in [-0.05, 0) is 44.0 Å². The molecule has 2 amide bonds. The van der Waals surface area contributed by atoms with Gasteiger partial charge in [0, 0.05) is 54.1 Å². The van der Waals surface area contributed by atoms with E-state index in [1.165, 1.54) is 6.07 Å². The normalized spacial score (nSPS) is 18.2. The fourth-order valence-electron chi connectivity index (χ4n) is 4.90. The van der Waals surface area contributed by atoms with Crippen LogP contribution < -0.4 is 10.2 Å². The molecule has 186 valence electrons. The molecule has 0 radical (unpaired) electrons. The second kappa shape index (κ2) is 9.23. The van der Waals surface area contributed by atoms with Gasteiger partial charge in [-0.2, -0.15) is 14.9 Å². The van der Waals surface area contributed by atoms with E-state index in [-0.39, 0.29) is 12.1 Å². The Kier molecular flexibility index (Phi) is 5.76. The van der Waals surface area contributed by atoms with E-state index in [1.54, 1.807) is 40.2 Å². The molecule has 0 aliphatic carbocycles. The zero-order valence-corrected chi connectivity index (χ0v) is 19.9. The van der Waals surface area contributed by atoms with Crippen molar-refractivity contribution in [2.24, 2.45) is 0 Å². The number of nitrogens with one attached hydrogen (secondary N) is 2. The first-order valence-electron chi connectivity index (χ1n) is 12.2. The third-order valence-electron chi connectivity index (χ3n) is 6.80. The average Bonchev–Trinajstić information content (AvgIpc) is 3.66. The van der Waals surface area contributed by atoms with E-state index in [1.807, 2.05) is 6.07 Å². The summed E-state index contributed by atoms with van der Waals surface area (Å²) in [5.41, 5.74) is 2.09. The number of hydrogen-bond donors (Lipinski definition) is 2. The number of hydrogen-bond acceptors (Lipinski definition) is 6. The van der Waals surface area contributed by atoms with Gasteiger partial charge >= 0.3 is 6.03 Å². The standard InChI is InChI=1S/C25H27FN8O2/c1-16-15-36-11-10-33(16)23-13-19(20-14-28-34(24(20)30-23)22-6-7-27-31-22)18-5-4-17(12-21(18)26)29-25(35)32-8-2-3-9-32/h4-7,12-14,16H,2-3,8-11,15H2,1H3,(H,27,31)(H,29,35)/t16-/m1/s1. The van der Waals surface area contributed by atoms with Crippen LogP contribution in [-0.4, -0.2) is 74.8 Å². The van der Waals surface area contributed by atoms with Gasteiger partial charge in [-0.1, -0.05) is 0 Å². The smallest absolute Gasteiger partial charge is 0.321 e. The number of anilines is 2. The number of likely N-dealkylation sites (tertiary alicyclic amines) is 1. The Bertz CT molecular complexity index is 1400. The highest BCUT2D eigenvalue weighted by molar-refractivity contribution is 5.96. The molecule has 1 aromatic carbocycles. The summed E-state index contributed by atoms with van der Waals surface area (Å²) in [5, 5.41) is 15.1. The van der Waals surface area contributed by atoms with Crippen molar-refractivity contribution in [1.82, 2.24) is 29.9 Å². The summed E-state index contributed by atoms with van der Waals surface area (Å²) >= 11 is 0. The van der Waals surface area contributed by atoms with E-state index in [4.69, 9.17) is 9.72 Å². The van der Waals surface area contributed by atoms with E-state index in [0.717, 1.165) is 31.7 Å². The number of halogens is 1. The van der Waals surface area contributed by atoms with Gasteiger partial charge in [-0.15, -0.1) is 0 Å². The van der Waals surface area contributed by atoms with Crippen LogP contribution in [-0.2, 0) is 4.74 Å². The Morgan fingerprint density at radius 3 is 2.75 bits per heavy atom. The summed E-state index contributed by atoms with van der Waals surface area (Å²) in [7, 11) is 0. The molecule has 11 heteroatoms. The second-order valence-electron chi connectivity index (χ2n) is 9.19. The molecule has 0 spiro atoms. The molecule has 2 saturated heterocycles. The average molecular weight is 491 g/mol. The first kappa shape index (κ1) is 22.5. The van der Waals surface area contributed by atoms with Crippen LogP contribution >= 0.6 is 0 Å². The largest absolute Gasteiger partial charge is 0.377 e. The summed E-state index contributed by atoms with van der Waals surface area (Å²) in [6, 6.07) is 8.42. The number of aromatic amines is 1. The number of nitrogens with zero attached hydrogens (tertiary/aromatic N) is 6. The van der Waals surface area contributed by atoms with Crippen molar-refractivity contribution in [3.8, 4) is 16.9 Å². The zero-order valence-electron chi connectivity index (χ0n) is 19.9. The summed E-state index contributed by atoms with van der Waals surface area (Å²) < 4.78 is 22.8. The van der Waals surface area contributed by atoms with Crippen LogP contribution in [0, 0.1) is 5.82 Å². The lowest BCUT2D eigenvalue weighted by Crippen LogP contribution is -2.44. The summed E-state index contributed by atoms with van der Waals surface area (Å²) in [4.78, 5) is 21.3. The number of amides is 2. The number of carbonyl (C=O) groups is 1. The lowest BCUT2D eigenvalue weighted by molar-refractivity contribution is 0.0985. The van der Waals surface area contributed by atoms with Gasteiger partial charge in [0.05, 0.1) is 25.5 Å². The molecule has 6 rings (SSSR count). The van der Waals surface area contributed by atoms with E-state index >= 15 is 4.39 Å². The van der Waals surface area contributed by atoms with Crippen LogP contribution in [0.1, 0.15) is 19.8 Å². The molecule has 2 N–H and O–H groups in total. The molecule has 0 bridgehead atoms. The Hall–Kier alpha value is -3.99. The molecule has 3 aromatic heterocycles. The molecule has 1 atom stereocenters. The Morgan fingerprint density at radius 1 is 1.14 bits per heavy atom. The van der Waals surface area contributed by atoms with Crippen molar-refractivity contribution >= 4 is 28.6 Å². The molecular formula is C25H27FN8O2. The summed E-state index contributed by atoms with van der Waals surface area (Å²) in [5.74, 6) is 0.877. The van der Waals surface area contributed by atoms with Crippen LogP contribution in [0.3, 0.4) is 0 Å². The lowest BCUT2D eigenvalue weighted by atomic mass is 10.0. The molecule has 4 aromatic rings. The molecule has 2 fully saturated rings. The number of ether oxygens (including phenoxy) is 1. The minimum atomic E-state index is -0.435. The Labute approximate surface area is 207 Å². The SMILES string of the molecule is C[C@@H]1COCCN1c1cc(-c2ccc(NC(=O)N3CCCC3)cc2F)c2cnn(-c3cc[nH]n3)c2n1. The van der Waals surface area contributed by atoms with Gasteiger partial charge < -0.3 is 19.9 Å². The van der Waals surface area contributed by atoms with Crippen LogP contribution in [0.4, 0.5) is 20.7 Å². The lowest BCUT2D eigenvalue weighted by Gasteiger charge is -2.34. The molecule has 2 aliphatic heterocycles. The number of morpholine rings is 1. The van der Waals surface area contributed by atoms with Gasteiger partial charge in [0.15, 0.2) is 11.5 Å². The van der Waals surface area contributed by atoms with Crippen molar-refractivity contribution in [2.45, 2.75) is 25.8 Å². The number of urea groups is 1. The molecule has 0 unspecified atom stereocenters. The summed E-state index contributed by atoms with van der Waals surface area (Å²) in [6.45, 7) is 5.40. The highest BCUT2D eigenvalue weighted by Crippen LogP contribution is 2.35. The quantitative estimate of drug-likeness (QED) is 0.451. The molecule has 36 heavy (non-hydrogen) atoms. The fraction of sp³-hybridized carbons (Fsp3) is 0.360. The molecule has 0 saturated carbocycles. The van der Waals surface area contributed by atoms with Crippen LogP contribution in [0.25, 0.3) is 28.0 Å². The van der Waals surface area contributed by atoms with Crippen molar-refractivity contribution in [3.05, 3.63) is 48.5 Å².